The van der Waals surface area contributed by atoms with Gasteiger partial charge in [0.15, 0.2) is 0 Å². The summed E-state index contributed by atoms with van der Waals surface area (Å²) in [5.74, 6) is 2.12. The van der Waals surface area contributed by atoms with E-state index in [-0.39, 0.29) is 11.3 Å². The van der Waals surface area contributed by atoms with Gasteiger partial charge in [0.05, 0.1) is 11.5 Å². The Morgan fingerprint density at radius 1 is 1.21 bits per heavy atom. The zero-order chi connectivity index (χ0) is 9.92. The Balaban J connectivity index is 1.96. The van der Waals surface area contributed by atoms with Crippen LogP contribution in [0, 0.1) is 23.2 Å². The maximum absolute atomic E-state index is 11.6. The summed E-state index contributed by atoms with van der Waals surface area (Å²) in [6, 6.07) is 0.596. The minimum Gasteiger partial charge on any atom is -0.369 e. The molecule has 4 rings (SSSR count). The third-order valence-electron chi connectivity index (χ3n) is 4.99. The van der Waals surface area contributed by atoms with Crippen LogP contribution < -0.4 is 11.5 Å². The van der Waals surface area contributed by atoms with Crippen LogP contribution in [-0.2, 0) is 4.79 Å². The molecule has 4 aliphatic rings. The molecule has 0 spiro atoms. The van der Waals surface area contributed by atoms with Gasteiger partial charge < -0.3 is 11.5 Å². The average molecular weight is 195 g/mol. The van der Waals surface area contributed by atoms with Gasteiger partial charge in [0.25, 0.3) is 0 Å². The highest BCUT2D eigenvalue weighted by molar-refractivity contribution is 5.81. The van der Waals surface area contributed by atoms with Crippen molar-refractivity contribution < 1.29 is 10.5 Å². The summed E-state index contributed by atoms with van der Waals surface area (Å²) >= 11 is 0. The number of carbonyl (C=O) groups is 1. The molecule has 0 aromatic rings. The SMILES string of the molecule is NC(=O)C12CC3CC(C1)C([NH3+])C(C3)C2. The van der Waals surface area contributed by atoms with Gasteiger partial charge in [0, 0.05) is 11.8 Å². The molecule has 4 saturated carbocycles. The summed E-state index contributed by atoms with van der Waals surface area (Å²) in [5.41, 5.74) is 9.73. The second kappa shape index (κ2) is 2.51. The van der Waals surface area contributed by atoms with Gasteiger partial charge in [-0.25, -0.2) is 0 Å². The number of carbonyl (C=O) groups excluding carboxylic acids is 1. The average Bonchev–Trinajstić information content (AvgIpc) is 2.12. The van der Waals surface area contributed by atoms with Crippen molar-refractivity contribution in [2.75, 3.05) is 0 Å². The normalized spacial score (nSPS) is 54.9. The molecule has 0 aromatic carbocycles. The second-order valence-corrected chi connectivity index (χ2v) is 5.78. The van der Waals surface area contributed by atoms with Gasteiger partial charge in [0.2, 0.25) is 5.91 Å². The van der Waals surface area contributed by atoms with Crippen molar-refractivity contribution in [2.45, 2.75) is 38.1 Å². The van der Waals surface area contributed by atoms with Gasteiger partial charge in [0.1, 0.15) is 0 Å². The monoisotopic (exact) mass is 195 g/mol. The lowest BCUT2D eigenvalue weighted by Gasteiger charge is -2.56. The standard InChI is InChI=1S/C11H18N2O/c12-9-7-1-6-2-8(9)5-11(3-6,4-7)10(13)14/h6-9H,1-5,12H2,(H2,13,14)/p+1. The first-order chi connectivity index (χ1) is 6.61. The largest absolute Gasteiger partial charge is 0.369 e. The number of quaternary nitrogens is 1. The first kappa shape index (κ1) is 8.72. The molecule has 0 radical (unpaired) electrons. The molecule has 0 heterocycles. The summed E-state index contributed by atoms with van der Waals surface area (Å²) in [4.78, 5) is 11.6. The molecule has 3 nitrogen and oxygen atoms in total. The molecule has 0 aromatic heterocycles. The van der Waals surface area contributed by atoms with Crippen LogP contribution in [0.4, 0.5) is 0 Å². The molecule has 4 fully saturated rings. The zero-order valence-corrected chi connectivity index (χ0v) is 8.54. The van der Waals surface area contributed by atoms with Gasteiger partial charge in [-0.2, -0.15) is 0 Å². The summed E-state index contributed by atoms with van der Waals surface area (Å²) in [5, 5.41) is 0. The predicted molar refractivity (Wildman–Crippen MR) is 51.9 cm³/mol. The van der Waals surface area contributed by atoms with Crippen LogP contribution in [0.15, 0.2) is 0 Å². The topological polar surface area (TPSA) is 70.7 Å². The van der Waals surface area contributed by atoms with Gasteiger partial charge in [-0.3, -0.25) is 4.79 Å². The van der Waals surface area contributed by atoms with Crippen LogP contribution >= 0.6 is 0 Å². The molecule has 3 heteroatoms. The first-order valence-corrected chi connectivity index (χ1v) is 5.74. The van der Waals surface area contributed by atoms with E-state index in [1.54, 1.807) is 0 Å². The fraction of sp³-hybridized carbons (Fsp3) is 0.909. The third-order valence-corrected chi connectivity index (χ3v) is 4.99. The molecule has 5 N–H and O–H groups in total. The van der Waals surface area contributed by atoms with E-state index in [0.29, 0.717) is 17.9 Å². The van der Waals surface area contributed by atoms with Crippen LogP contribution in [-0.4, -0.2) is 11.9 Å². The number of amides is 1. The Bertz CT molecular complexity index is 273. The van der Waals surface area contributed by atoms with E-state index in [4.69, 9.17) is 5.73 Å². The number of primary amides is 1. The molecular weight excluding hydrogens is 176 g/mol. The lowest BCUT2D eigenvalue weighted by molar-refractivity contribution is -0.465. The van der Waals surface area contributed by atoms with Gasteiger partial charge >= 0.3 is 0 Å². The van der Waals surface area contributed by atoms with E-state index in [2.05, 4.69) is 5.73 Å². The smallest absolute Gasteiger partial charge is 0.223 e. The van der Waals surface area contributed by atoms with E-state index in [1.807, 2.05) is 0 Å². The van der Waals surface area contributed by atoms with Crippen molar-refractivity contribution in [2.24, 2.45) is 28.9 Å². The molecule has 2 unspecified atom stereocenters. The van der Waals surface area contributed by atoms with Crippen LogP contribution in [0.3, 0.4) is 0 Å². The summed E-state index contributed by atoms with van der Waals surface area (Å²) in [7, 11) is 0. The fourth-order valence-corrected chi connectivity index (χ4v) is 4.43. The van der Waals surface area contributed by atoms with Crippen LogP contribution in [0.5, 0.6) is 0 Å². The quantitative estimate of drug-likeness (QED) is 0.603. The first-order valence-electron chi connectivity index (χ1n) is 5.74. The Hall–Kier alpha value is -0.570. The predicted octanol–water partition coefficient (Wildman–Crippen LogP) is -0.0915. The fourth-order valence-electron chi connectivity index (χ4n) is 4.43. The molecule has 0 saturated heterocycles. The summed E-state index contributed by atoms with van der Waals surface area (Å²) < 4.78 is 0. The van der Waals surface area contributed by atoms with Crippen molar-refractivity contribution >= 4 is 5.91 Å². The highest BCUT2D eigenvalue weighted by Gasteiger charge is 2.58. The molecular formula is C11H19N2O+. The molecule has 2 atom stereocenters. The summed E-state index contributed by atoms with van der Waals surface area (Å²) in [6.45, 7) is 0. The third kappa shape index (κ3) is 0.937. The lowest BCUT2D eigenvalue weighted by atomic mass is 9.48. The van der Waals surface area contributed by atoms with Gasteiger partial charge in [-0.05, 0) is 38.0 Å². The molecule has 1 amide bonds. The van der Waals surface area contributed by atoms with Gasteiger partial charge in [-0.1, -0.05) is 0 Å². The Morgan fingerprint density at radius 2 is 1.79 bits per heavy atom. The van der Waals surface area contributed by atoms with Crippen LogP contribution in [0.2, 0.25) is 0 Å². The van der Waals surface area contributed by atoms with Crippen molar-refractivity contribution in [1.29, 1.82) is 0 Å². The maximum atomic E-state index is 11.6. The minimum absolute atomic E-state index is 0.0381. The molecule has 78 valence electrons. The Morgan fingerprint density at radius 3 is 2.29 bits per heavy atom. The van der Waals surface area contributed by atoms with E-state index >= 15 is 0 Å². The van der Waals surface area contributed by atoms with Gasteiger partial charge in [-0.15, -0.1) is 0 Å². The maximum Gasteiger partial charge on any atom is 0.223 e. The van der Waals surface area contributed by atoms with Crippen molar-refractivity contribution in [3.63, 3.8) is 0 Å². The molecule has 4 bridgehead atoms. The number of hydrogen-bond donors (Lipinski definition) is 2. The highest BCUT2D eigenvalue weighted by atomic mass is 16.1. The Labute approximate surface area is 84.2 Å². The van der Waals surface area contributed by atoms with Crippen molar-refractivity contribution in [3.05, 3.63) is 0 Å². The van der Waals surface area contributed by atoms with E-state index in [1.165, 1.54) is 12.8 Å². The molecule has 14 heavy (non-hydrogen) atoms. The molecule has 4 aliphatic carbocycles. The number of rotatable bonds is 1. The van der Waals surface area contributed by atoms with E-state index in [9.17, 15) is 4.79 Å². The Kier molecular flexibility index (Phi) is 1.56. The van der Waals surface area contributed by atoms with Crippen molar-refractivity contribution in [3.8, 4) is 0 Å². The number of hydrogen-bond acceptors (Lipinski definition) is 1. The van der Waals surface area contributed by atoms with Crippen LogP contribution in [0.1, 0.15) is 32.1 Å². The second-order valence-electron chi connectivity index (χ2n) is 5.78. The minimum atomic E-state index is -0.120. The number of nitrogens with two attached hydrogens (primary N) is 1. The molecule has 0 aliphatic heterocycles. The van der Waals surface area contributed by atoms with Crippen LogP contribution in [0.25, 0.3) is 0 Å². The van der Waals surface area contributed by atoms with Crippen molar-refractivity contribution in [1.82, 2.24) is 0 Å². The lowest BCUT2D eigenvalue weighted by Crippen LogP contribution is -2.74. The van der Waals surface area contributed by atoms with E-state index in [0.717, 1.165) is 25.2 Å². The van der Waals surface area contributed by atoms with E-state index < -0.39 is 0 Å². The summed E-state index contributed by atoms with van der Waals surface area (Å²) in [6.07, 6.45) is 5.74. The highest BCUT2D eigenvalue weighted by Crippen LogP contribution is 2.58. The zero-order valence-electron chi connectivity index (χ0n) is 8.54.